The lowest BCUT2D eigenvalue weighted by atomic mass is 10.1. The summed E-state index contributed by atoms with van der Waals surface area (Å²) in [4.78, 5) is 23.5. The molecule has 0 aliphatic carbocycles. The number of nitrogens with zero attached hydrogens (tertiary/aromatic N) is 4. The van der Waals surface area contributed by atoms with E-state index in [1.807, 2.05) is 31.2 Å². The molecule has 0 aliphatic heterocycles. The summed E-state index contributed by atoms with van der Waals surface area (Å²) in [7, 11) is 3.38. The normalized spacial score (nSPS) is 10.9. The van der Waals surface area contributed by atoms with Gasteiger partial charge in [-0.25, -0.2) is 9.59 Å². The van der Waals surface area contributed by atoms with Gasteiger partial charge in [0.2, 0.25) is 0 Å². The number of carbonyl (C=O) groups is 1. The molecule has 0 saturated carbocycles. The van der Waals surface area contributed by atoms with E-state index in [0.29, 0.717) is 11.4 Å². The van der Waals surface area contributed by atoms with Gasteiger partial charge in [-0.3, -0.25) is 9.25 Å². The van der Waals surface area contributed by atoms with Gasteiger partial charge in [0.25, 0.3) is 0 Å². The third kappa shape index (κ3) is 2.36. The van der Waals surface area contributed by atoms with Gasteiger partial charge in [-0.05, 0) is 19.1 Å². The van der Waals surface area contributed by atoms with Gasteiger partial charge >= 0.3 is 11.7 Å². The molecular formula is C16H16N4O3. The van der Waals surface area contributed by atoms with Crippen LogP contribution in [0.2, 0.25) is 0 Å². The number of benzene rings is 1. The monoisotopic (exact) mass is 312 g/mol. The Kier molecular flexibility index (Phi) is 3.40. The molecule has 0 fully saturated rings. The number of hydrogen-bond acceptors (Lipinski definition) is 3. The maximum atomic E-state index is 12.4. The molecule has 7 heteroatoms. The molecule has 1 aromatic carbocycles. The van der Waals surface area contributed by atoms with Crippen molar-refractivity contribution in [2.24, 2.45) is 14.1 Å². The van der Waals surface area contributed by atoms with Crippen LogP contribution in [0.5, 0.6) is 0 Å². The fourth-order valence-corrected chi connectivity index (χ4v) is 2.70. The van der Waals surface area contributed by atoms with E-state index in [2.05, 4.69) is 5.10 Å². The van der Waals surface area contributed by atoms with Crippen LogP contribution in [0, 0.1) is 6.92 Å². The van der Waals surface area contributed by atoms with Crippen molar-refractivity contribution in [3.63, 3.8) is 0 Å². The van der Waals surface area contributed by atoms with E-state index < -0.39 is 5.97 Å². The summed E-state index contributed by atoms with van der Waals surface area (Å²) in [5.74, 6) is -1.09. The molecule has 0 radical (unpaired) electrons. The van der Waals surface area contributed by atoms with Crippen molar-refractivity contribution < 1.29 is 9.90 Å². The Balaban J connectivity index is 2.27. The number of hydrogen-bond donors (Lipinski definition) is 1. The fourth-order valence-electron chi connectivity index (χ4n) is 2.70. The number of carboxylic acids is 1. The Morgan fingerprint density at radius 3 is 2.48 bits per heavy atom. The maximum Gasteiger partial charge on any atom is 0.356 e. The first-order valence-corrected chi connectivity index (χ1v) is 7.02. The molecule has 2 heterocycles. The molecule has 0 amide bonds. The number of aryl methyl sites for hydroxylation is 3. The Labute approximate surface area is 132 Å². The molecular weight excluding hydrogens is 296 g/mol. The average molecular weight is 312 g/mol. The lowest BCUT2D eigenvalue weighted by Gasteiger charge is -2.11. The predicted octanol–water partition coefficient (Wildman–Crippen LogP) is 1.58. The molecule has 7 nitrogen and oxygen atoms in total. The maximum absolute atomic E-state index is 12.4. The average Bonchev–Trinajstić information content (AvgIpc) is 3.00. The zero-order valence-electron chi connectivity index (χ0n) is 13.0. The Bertz CT molecular complexity index is 962. The highest BCUT2D eigenvalue weighted by atomic mass is 16.4. The minimum Gasteiger partial charge on any atom is -0.476 e. The van der Waals surface area contributed by atoms with Crippen LogP contribution in [0.4, 0.5) is 0 Å². The zero-order chi connectivity index (χ0) is 16.7. The van der Waals surface area contributed by atoms with E-state index in [9.17, 15) is 9.59 Å². The van der Waals surface area contributed by atoms with Crippen LogP contribution in [-0.2, 0) is 14.1 Å². The van der Waals surface area contributed by atoms with Crippen LogP contribution in [0.15, 0.2) is 41.3 Å². The van der Waals surface area contributed by atoms with Gasteiger partial charge < -0.3 is 9.67 Å². The molecule has 0 aliphatic rings. The van der Waals surface area contributed by atoms with Crippen LogP contribution in [0.25, 0.3) is 16.9 Å². The second kappa shape index (κ2) is 5.28. The van der Waals surface area contributed by atoms with Gasteiger partial charge in [-0.1, -0.05) is 18.2 Å². The summed E-state index contributed by atoms with van der Waals surface area (Å²) in [5, 5.41) is 13.1. The van der Waals surface area contributed by atoms with Crippen molar-refractivity contribution in [1.82, 2.24) is 18.9 Å². The first-order chi connectivity index (χ1) is 10.9. The molecule has 0 bridgehead atoms. The lowest BCUT2D eigenvalue weighted by Crippen LogP contribution is -2.22. The van der Waals surface area contributed by atoms with E-state index >= 15 is 0 Å². The number of rotatable bonds is 3. The molecule has 0 unspecified atom stereocenters. The molecule has 0 atom stereocenters. The van der Waals surface area contributed by atoms with E-state index in [4.69, 9.17) is 5.11 Å². The van der Waals surface area contributed by atoms with E-state index in [1.165, 1.54) is 15.3 Å². The summed E-state index contributed by atoms with van der Waals surface area (Å²) in [6.45, 7) is 1.85. The Hall–Kier alpha value is -3.09. The van der Waals surface area contributed by atoms with Crippen molar-refractivity contribution in [2.45, 2.75) is 6.92 Å². The third-order valence-corrected chi connectivity index (χ3v) is 3.75. The van der Waals surface area contributed by atoms with Crippen LogP contribution < -0.4 is 5.69 Å². The molecule has 1 N–H and O–H groups in total. The van der Waals surface area contributed by atoms with Gasteiger partial charge in [0.15, 0.2) is 5.69 Å². The highest BCUT2D eigenvalue weighted by Gasteiger charge is 2.17. The van der Waals surface area contributed by atoms with Crippen molar-refractivity contribution in [1.29, 1.82) is 0 Å². The Morgan fingerprint density at radius 2 is 1.91 bits per heavy atom. The summed E-state index contributed by atoms with van der Waals surface area (Å²) in [5.41, 5.74) is 2.67. The van der Waals surface area contributed by atoms with Gasteiger partial charge in [-0.2, -0.15) is 5.10 Å². The quantitative estimate of drug-likeness (QED) is 0.796. The van der Waals surface area contributed by atoms with Gasteiger partial charge in [0, 0.05) is 31.5 Å². The van der Waals surface area contributed by atoms with Crippen molar-refractivity contribution >= 4 is 5.97 Å². The minimum absolute atomic E-state index is 0.0329. The second-order valence-electron chi connectivity index (χ2n) is 5.36. The first kappa shape index (κ1) is 14.8. The standard InChI is InChI=1S/C16H16N4O3/c1-10-9-18(2)16(23)20(10)13-7-5-4-6-11(13)14-8-12(15(21)22)17-19(14)3/h4-9H,1-3H3,(H,21,22). The molecule has 118 valence electrons. The van der Waals surface area contributed by atoms with Gasteiger partial charge in [0.1, 0.15) is 0 Å². The second-order valence-corrected chi connectivity index (χ2v) is 5.36. The number of aromatic nitrogens is 4. The number of para-hydroxylation sites is 1. The van der Waals surface area contributed by atoms with Crippen LogP contribution in [0.3, 0.4) is 0 Å². The van der Waals surface area contributed by atoms with E-state index in [0.717, 1.165) is 11.3 Å². The first-order valence-electron chi connectivity index (χ1n) is 7.02. The molecule has 3 aromatic rings. The molecule has 0 spiro atoms. The third-order valence-electron chi connectivity index (χ3n) is 3.75. The summed E-state index contributed by atoms with van der Waals surface area (Å²) in [6.07, 6.45) is 1.75. The predicted molar refractivity (Wildman–Crippen MR) is 84.9 cm³/mol. The molecule has 2 aromatic heterocycles. The number of carboxylic acid groups (broad SMARTS) is 1. The highest BCUT2D eigenvalue weighted by molar-refractivity contribution is 5.87. The lowest BCUT2D eigenvalue weighted by molar-refractivity contribution is 0.0689. The van der Waals surface area contributed by atoms with Crippen molar-refractivity contribution in [2.75, 3.05) is 0 Å². The smallest absolute Gasteiger partial charge is 0.356 e. The number of imidazole rings is 1. The van der Waals surface area contributed by atoms with Crippen molar-refractivity contribution in [3.8, 4) is 16.9 Å². The zero-order valence-corrected chi connectivity index (χ0v) is 13.0. The SMILES string of the molecule is Cc1cn(C)c(=O)n1-c1ccccc1-c1cc(C(=O)O)nn1C. The highest BCUT2D eigenvalue weighted by Crippen LogP contribution is 2.27. The molecule has 3 rings (SSSR count). The topological polar surface area (TPSA) is 82.1 Å². The van der Waals surface area contributed by atoms with Crippen molar-refractivity contribution in [3.05, 3.63) is 58.4 Å². The molecule has 0 saturated heterocycles. The van der Waals surface area contributed by atoms with E-state index in [1.54, 1.807) is 24.9 Å². The van der Waals surface area contributed by atoms with Crippen LogP contribution in [0.1, 0.15) is 16.2 Å². The van der Waals surface area contributed by atoms with Gasteiger partial charge in [0.05, 0.1) is 11.4 Å². The molecule has 23 heavy (non-hydrogen) atoms. The Morgan fingerprint density at radius 1 is 1.22 bits per heavy atom. The van der Waals surface area contributed by atoms with E-state index in [-0.39, 0.29) is 11.4 Å². The van der Waals surface area contributed by atoms with Gasteiger partial charge in [-0.15, -0.1) is 0 Å². The summed E-state index contributed by atoms with van der Waals surface area (Å²) < 4.78 is 4.62. The minimum atomic E-state index is -1.09. The fraction of sp³-hybridized carbons (Fsp3) is 0.188. The summed E-state index contributed by atoms with van der Waals surface area (Å²) >= 11 is 0. The number of aromatic carboxylic acids is 1. The summed E-state index contributed by atoms with van der Waals surface area (Å²) in [6, 6.07) is 8.86. The van der Waals surface area contributed by atoms with Crippen LogP contribution >= 0.6 is 0 Å². The largest absolute Gasteiger partial charge is 0.476 e. The van der Waals surface area contributed by atoms with Crippen LogP contribution in [-0.4, -0.2) is 30.0 Å².